The molecule has 120 valence electrons. The highest BCUT2D eigenvalue weighted by molar-refractivity contribution is 7.83. The summed E-state index contributed by atoms with van der Waals surface area (Å²) in [5.74, 6) is 0. The van der Waals surface area contributed by atoms with E-state index in [1.807, 2.05) is 57.2 Å². The quantitative estimate of drug-likeness (QED) is 0.797. The van der Waals surface area contributed by atoms with Crippen LogP contribution in [0.5, 0.6) is 0 Å². The molecule has 0 aliphatic heterocycles. The number of nitrogens with one attached hydrogen (secondary N) is 1. The zero-order valence-corrected chi connectivity index (χ0v) is 14.7. The monoisotopic (exact) mass is 318 g/mol. The molecule has 0 spiro atoms. The lowest BCUT2D eigenvalue weighted by Gasteiger charge is -2.07. The third-order valence-electron chi connectivity index (χ3n) is 3.15. The van der Waals surface area contributed by atoms with Crippen molar-refractivity contribution in [1.82, 2.24) is 9.71 Å². The summed E-state index contributed by atoms with van der Waals surface area (Å²) in [5, 5.41) is 0. The lowest BCUT2D eigenvalue weighted by atomic mass is 10.1. The minimum atomic E-state index is -1.12. The zero-order valence-electron chi connectivity index (χ0n) is 13.9. The summed E-state index contributed by atoms with van der Waals surface area (Å²) in [6, 6.07) is 11.8. The Labute approximate surface area is 136 Å². The van der Waals surface area contributed by atoms with Crippen LogP contribution in [-0.2, 0) is 11.0 Å². The fraction of sp³-hybridized carbons (Fsp3) is 0.389. The molecule has 1 N–H and O–H groups in total. The number of aryl methyl sites for hydroxylation is 1. The lowest BCUT2D eigenvalue weighted by Crippen LogP contribution is -2.18. The van der Waals surface area contributed by atoms with Crippen molar-refractivity contribution in [3.63, 3.8) is 0 Å². The van der Waals surface area contributed by atoms with Crippen molar-refractivity contribution in [2.45, 2.75) is 45.4 Å². The molecule has 2 aromatic rings. The van der Waals surface area contributed by atoms with Gasteiger partial charge >= 0.3 is 0 Å². The smallest absolute Gasteiger partial charge is 0.124 e. The van der Waals surface area contributed by atoms with Crippen LogP contribution in [0.3, 0.4) is 0 Å². The number of nitrogens with zero attached hydrogens (tertiary/aromatic N) is 1. The molecule has 0 amide bonds. The van der Waals surface area contributed by atoms with Crippen molar-refractivity contribution in [1.29, 1.82) is 0 Å². The molecule has 0 aliphatic carbocycles. The third-order valence-corrected chi connectivity index (χ3v) is 4.32. The second-order valence-electron chi connectivity index (χ2n) is 4.68. The number of benzene rings is 1. The number of aromatic nitrogens is 1. The van der Waals surface area contributed by atoms with Gasteiger partial charge in [0, 0.05) is 24.0 Å². The molecule has 0 bridgehead atoms. The molecule has 1 aromatic heterocycles. The van der Waals surface area contributed by atoms with Crippen molar-refractivity contribution in [3.05, 3.63) is 48.3 Å². The molecule has 0 saturated heterocycles. The van der Waals surface area contributed by atoms with Gasteiger partial charge in [0.25, 0.3) is 0 Å². The maximum atomic E-state index is 12.0. The van der Waals surface area contributed by atoms with Crippen molar-refractivity contribution in [3.8, 4) is 11.1 Å². The van der Waals surface area contributed by atoms with Crippen LogP contribution in [0.4, 0.5) is 0 Å². The van der Waals surface area contributed by atoms with Crippen molar-refractivity contribution in [2.24, 2.45) is 0 Å². The highest BCUT2D eigenvalue weighted by Crippen LogP contribution is 2.22. The molecule has 4 heteroatoms. The van der Waals surface area contributed by atoms with Gasteiger partial charge in [-0.25, -0.2) is 8.93 Å². The number of pyridine rings is 1. The SMILES string of the molecule is CC.CCCCNS(=O)c1ccc(-c2cccnc2C)cc1. The summed E-state index contributed by atoms with van der Waals surface area (Å²) < 4.78 is 15.1. The average molecular weight is 318 g/mol. The van der Waals surface area contributed by atoms with E-state index < -0.39 is 11.0 Å². The van der Waals surface area contributed by atoms with Gasteiger partial charge in [-0.05, 0) is 37.1 Å². The van der Waals surface area contributed by atoms with Crippen LogP contribution < -0.4 is 4.72 Å². The Morgan fingerprint density at radius 3 is 2.41 bits per heavy atom. The molecule has 0 radical (unpaired) electrons. The molecule has 1 aromatic carbocycles. The highest BCUT2D eigenvalue weighted by atomic mass is 32.2. The van der Waals surface area contributed by atoms with E-state index in [1.165, 1.54) is 0 Å². The minimum absolute atomic E-state index is 0.784. The van der Waals surface area contributed by atoms with E-state index >= 15 is 0 Å². The summed E-state index contributed by atoms with van der Waals surface area (Å²) in [5.41, 5.74) is 3.22. The number of rotatable bonds is 6. The zero-order chi connectivity index (χ0) is 16.4. The Kier molecular flexibility index (Phi) is 8.63. The van der Waals surface area contributed by atoms with E-state index in [1.54, 1.807) is 6.20 Å². The predicted molar refractivity (Wildman–Crippen MR) is 95.1 cm³/mol. The van der Waals surface area contributed by atoms with Crippen LogP contribution in [0.25, 0.3) is 11.1 Å². The molecule has 1 unspecified atom stereocenters. The van der Waals surface area contributed by atoms with Gasteiger partial charge in [-0.1, -0.05) is 45.4 Å². The minimum Gasteiger partial charge on any atom is -0.261 e. The Balaban J connectivity index is 0.00000116. The van der Waals surface area contributed by atoms with Crippen LogP contribution in [-0.4, -0.2) is 15.7 Å². The first-order valence-corrected chi connectivity index (χ1v) is 9.04. The average Bonchev–Trinajstić information content (AvgIpc) is 2.57. The summed E-state index contributed by atoms with van der Waals surface area (Å²) in [7, 11) is -1.12. The van der Waals surface area contributed by atoms with Gasteiger partial charge in [-0.3, -0.25) is 4.98 Å². The van der Waals surface area contributed by atoms with Gasteiger partial charge in [0.2, 0.25) is 0 Å². The summed E-state index contributed by atoms with van der Waals surface area (Å²) in [6.07, 6.45) is 3.93. The van der Waals surface area contributed by atoms with E-state index in [0.717, 1.165) is 41.1 Å². The molecule has 22 heavy (non-hydrogen) atoms. The fourth-order valence-electron chi connectivity index (χ4n) is 1.97. The number of hydrogen-bond donors (Lipinski definition) is 1. The summed E-state index contributed by atoms with van der Waals surface area (Å²) in [4.78, 5) is 5.10. The molecule has 1 atom stereocenters. The second kappa shape index (κ2) is 10.2. The van der Waals surface area contributed by atoms with Gasteiger partial charge in [0.1, 0.15) is 11.0 Å². The largest absolute Gasteiger partial charge is 0.261 e. The molecule has 1 heterocycles. The van der Waals surface area contributed by atoms with Crippen molar-refractivity contribution >= 4 is 11.0 Å². The first-order chi connectivity index (χ1) is 10.7. The fourth-order valence-corrected chi connectivity index (χ4v) is 2.85. The predicted octanol–water partition coefficient (Wildman–Crippen LogP) is 4.50. The number of unbranched alkanes of at least 4 members (excludes halogenated alkanes) is 1. The first kappa shape index (κ1) is 18.5. The number of hydrogen-bond acceptors (Lipinski definition) is 2. The van der Waals surface area contributed by atoms with Gasteiger partial charge in [-0.15, -0.1) is 0 Å². The molecule has 0 aliphatic rings. The molecule has 2 rings (SSSR count). The van der Waals surface area contributed by atoms with Crippen LogP contribution in [0, 0.1) is 6.92 Å². The van der Waals surface area contributed by atoms with Gasteiger partial charge in [0.05, 0.1) is 4.90 Å². The Hall–Kier alpha value is -1.52. The van der Waals surface area contributed by atoms with E-state index in [4.69, 9.17) is 0 Å². The normalized spacial score (nSPS) is 11.5. The van der Waals surface area contributed by atoms with E-state index in [9.17, 15) is 4.21 Å². The summed E-state index contributed by atoms with van der Waals surface area (Å²) >= 11 is 0. The van der Waals surface area contributed by atoms with Crippen LogP contribution >= 0.6 is 0 Å². The maximum absolute atomic E-state index is 12.0. The third kappa shape index (κ3) is 5.35. The highest BCUT2D eigenvalue weighted by Gasteiger charge is 2.05. The van der Waals surface area contributed by atoms with Gasteiger partial charge in [-0.2, -0.15) is 0 Å². The van der Waals surface area contributed by atoms with E-state index in [2.05, 4.69) is 16.6 Å². The molecule has 0 saturated carbocycles. The molecule has 0 fully saturated rings. The molecular weight excluding hydrogens is 292 g/mol. The Morgan fingerprint density at radius 2 is 1.82 bits per heavy atom. The summed E-state index contributed by atoms with van der Waals surface area (Å²) in [6.45, 7) is 8.90. The first-order valence-electron chi connectivity index (χ1n) is 7.89. The standard InChI is InChI=1S/C16H20N2OS.C2H6/c1-3-4-12-18-20(19)15-9-7-14(8-10-15)16-6-5-11-17-13(16)2;1-2/h5-11,18H,3-4,12H2,1-2H3;1-2H3. The molecular formula is C18H26N2OS. The second-order valence-corrected chi connectivity index (χ2v) is 5.97. The van der Waals surface area contributed by atoms with Crippen LogP contribution in [0.15, 0.2) is 47.5 Å². The molecule has 3 nitrogen and oxygen atoms in total. The van der Waals surface area contributed by atoms with Gasteiger partial charge < -0.3 is 0 Å². The van der Waals surface area contributed by atoms with Crippen LogP contribution in [0.2, 0.25) is 0 Å². The topological polar surface area (TPSA) is 42.0 Å². The van der Waals surface area contributed by atoms with E-state index in [-0.39, 0.29) is 0 Å². The van der Waals surface area contributed by atoms with Gasteiger partial charge in [0.15, 0.2) is 0 Å². The Bertz CT molecular complexity index is 582. The van der Waals surface area contributed by atoms with Crippen molar-refractivity contribution in [2.75, 3.05) is 6.54 Å². The van der Waals surface area contributed by atoms with Crippen LogP contribution in [0.1, 0.15) is 39.3 Å². The Morgan fingerprint density at radius 1 is 1.14 bits per heavy atom. The van der Waals surface area contributed by atoms with E-state index in [0.29, 0.717) is 0 Å². The van der Waals surface area contributed by atoms with Crippen molar-refractivity contribution < 1.29 is 4.21 Å². The lowest BCUT2D eigenvalue weighted by molar-refractivity contribution is 0.665. The maximum Gasteiger partial charge on any atom is 0.124 e.